The number of pyridine rings is 1. The van der Waals surface area contributed by atoms with Crippen LogP contribution in [0.3, 0.4) is 0 Å². The van der Waals surface area contributed by atoms with Crippen LogP contribution in [0.25, 0.3) is 10.9 Å². The van der Waals surface area contributed by atoms with Crippen LogP contribution in [-0.2, 0) is 22.8 Å². The Morgan fingerprint density at radius 3 is 2.41 bits per heavy atom. The van der Waals surface area contributed by atoms with Crippen LogP contribution in [0.5, 0.6) is 0 Å². The highest BCUT2D eigenvalue weighted by atomic mass is 32.2. The van der Waals surface area contributed by atoms with E-state index in [2.05, 4.69) is 14.9 Å². The number of amides is 1. The Hall–Kier alpha value is -2.92. The number of rotatable bonds is 9. The van der Waals surface area contributed by atoms with E-state index in [-0.39, 0.29) is 29.4 Å². The molecule has 7 nitrogen and oxygen atoms in total. The molecule has 1 aliphatic rings. The van der Waals surface area contributed by atoms with Gasteiger partial charge in [-0.2, -0.15) is 13.2 Å². The van der Waals surface area contributed by atoms with Crippen molar-refractivity contribution in [1.82, 2.24) is 14.9 Å². The lowest BCUT2D eigenvalue weighted by atomic mass is 9.79. The SMILES string of the molecule is CCn1c(C[C@H]2CC[C@H](C(F)(F)F)CC2)cc2cc(C(=O)N[C@@H](CO)c3ccc(S(=O)(=O)CC)cn3)ccc21. The molecule has 3 aromatic rings. The summed E-state index contributed by atoms with van der Waals surface area (Å²) in [6, 6.07) is 9.38. The first-order chi connectivity index (χ1) is 18.5. The highest BCUT2D eigenvalue weighted by molar-refractivity contribution is 7.91. The first-order valence-corrected chi connectivity index (χ1v) is 14.9. The summed E-state index contributed by atoms with van der Waals surface area (Å²) in [6.45, 7) is 3.83. The zero-order valence-corrected chi connectivity index (χ0v) is 22.9. The van der Waals surface area contributed by atoms with E-state index < -0.39 is 40.5 Å². The largest absolute Gasteiger partial charge is 0.394 e. The molecule has 39 heavy (non-hydrogen) atoms. The highest BCUT2D eigenvalue weighted by Crippen LogP contribution is 2.40. The number of aryl methyl sites for hydroxylation is 1. The first-order valence-electron chi connectivity index (χ1n) is 13.3. The van der Waals surface area contributed by atoms with Gasteiger partial charge in [0.2, 0.25) is 0 Å². The molecule has 212 valence electrons. The molecule has 2 N–H and O–H groups in total. The number of aliphatic hydroxyl groups is 1. The van der Waals surface area contributed by atoms with Crippen LogP contribution < -0.4 is 5.32 Å². The number of alkyl halides is 3. The molecule has 1 aromatic carbocycles. The van der Waals surface area contributed by atoms with Gasteiger partial charge in [0.05, 0.1) is 34.9 Å². The van der Waals surface area contributed by atoms with Crippen molar-refractivity contribution in [1.29, 1.82) is 0 Å². The fourth-order valence-electron chi connectivity index (χ4n) is 5.40. The van der Waals surface area contributed by atoms with Gasteiger partial charge >= 0.3 is 6.18 Å². The molecular formula is C28H34F3N3O4S. The normalized spacial score (nSPS) is 19.2. The van der Waals surface area contributed by atoms with Gasteiger partial charge in [-0.3, -0.25) is 9.78 Å². The van der Waals surface area contributed by atoms with Crippen LogP contribution >= 0.6 is 0 Å². The lowest BCUT2D eigenvalue weighted by molar-refractivity contribution is -0.183. The summed E-state index contributed by atoms with van der Waals surface area (Å²) in [5.74, 6) is -1.49. The number of hydrogen-bond acceptors (Lipinski definition) is 5. The first kappa shape index (κ1) is 29.1. The number of benzene rings is 1. The van der Waals surface area contributed by atoms with E-state index in [1.807, 2.05) is 19.1 Å². The van der Waals surface area contributed by atoms with Gasteiger partial charge in [-0.1, -0.05) is 6.92 Å². The number of aliphatic hydroxyl groups excluding tert-OH is 1. The van der Waals surface area contributed by atoms with Gasteiger partial charge in [0.15, 0.2) is 9.84 Å². The van der Waals surface area contributed by atoms with Crippen molar-refractivity contribution in [2.45, 2.75) is 69.6 Å². The maximum atomic E-state index is 13.1. The van der Waals surface area contributed by atoms with Crippen molar-refractivity contribution in [2.24, 2.45) is 11.8 Å². The molecule has 0 radical (unpaired) electrons. The van der Waals surface area contributed by atoms with Gasteiger partial charge in [0.1, 0.15) is 0 Å². The summed E-state index contributed by atoms with van der Waals surface area (Å²) in [4.78, 5) is 17.3. The third kappa shape index (κ3) is 6.46. The maximum absolute atomic E-state index is 13.1. The zero-order valence-electron chi connectivity index (χ0n) is 22.0. The standard InChI is InChI=1S/C28H34F3N3O4S/c1-3-34-22(13-18-5-8-21(9-6-18)28(29,30)31)15-20-14-19(7-12-26(20)34)27(36)33-25(17-35)24-11-10-23(16-32-24)39(37,38)4-2/h7,10-12,14-16,18,21,25,35H,3-6,8-9,13,17H2,1-2H3,(H,33,36)/t18-,21-,25-/m0/s1. The third-order valence-electron chi connectivity index (χ3n) is 7.72. The molecule has 1 saturated carbocycles. The predicted octanol–water partition coefficient (Wildman–Crippen LogP) is 5.22. The summed E-state index contributed by atoms with van der Waals surface area (Å²) in [6.07, 6.45) is -0.775. The van der Waals surface area contributed by atoms with Gasteiger partial charge in [-0.05, 0) is 81.3 Å². The van der Waals surface area contributed by atoms with Crippen LogP contribution in [-0.4, -0.2) is 47.5 Å². The second-order valence-electron chi connectivity index (χ2n) is 10.1. The average Bonchev–Trinajstić information content (AvgIpc) is 3.27. The Balaban J connectivity index is 1.48. The van der Waals surface area contributed by atoms with Crippen LogP contribution in [0, 0.1) is 11.8 Å². The molecule has 0 bridgehead atoms. The van der Waals surface area contributed by atoms with Crippen molar-refractivity contribution in [3.8, 4) is 0 Å². The van der Waals surface area contributed by atoms with Crippen molar-refractivity contribution in [3.63, 3.8) is 0 Å². The number of nitrogens with zero attached hydrogens (tertiary/aromatic N) is 2. The molecule has 0 spiro atoms. The Kier molecular flexibility index (Phi) is 8.70. The number of carbonyl (C=O) groups excluding carboxylic acids is 1. The molecular weight excluding hydrogens is 531 g/mol. The molecule has 0 aliphatic heterocycles. The quantitative estimate of drug-likeness (QED) is 0.370. The number of carbonyl (C=O) groups is 1. The summed E-state index contributed by atoms with van der Waals surface area (Å²) in [5, 5.41) is 13.5. The molecule has 2 aromatic heterocycles. The highest BCUT2D eigenvalue weighted by Gasteiger charge is 2.41. The number of fused-ring (bicyclic) bond motifs is 1. The van der Waals surface area contributed by atoms with Gasteiger partial charge in [0.25, 0.3) is 5.91 Å². The minimum atomic E-state index is -4.12. The van der Waals surface area contributed by atoms with Crippen molar-refractivity contribution in [2.75, 3.05) is 12.4 Å². The van der Waals surface area contributed by atoms with Gasteiger partial charge in [-0.25, -0.2) is 8.42 Å². The second-order valence-corrected chi connectivity index (χ2v) is 12.4. The molecule has 11 heteroatoms. The van der Waals surface area contributed by atoms with E-state index in [4.69, 9.17) is 0 Å². The summed E-state index contributed by atoms with van der Waals surface area (Å²) in [5.41, 5.74) is 2.71. The molecule has 1 aliphatic carbocycles. The van der Waals surface area contributed by atoms with E-state index in [1.165, 1.54) is 25.3 Å². The fraction of sp³-hybridized carbons (Fsp3) is 0.500. The number of sulfone groups is 1. The second kappa shape index (κ2) is 11.7. The van der Waals surface area contributed by atoms with Gasteiger partial charge in [-0.15, -0.1) is 0 Å². The fourth-order valence-corrected chi connectivity index (χ4v) is 6.23. The van der Waals surface area contributed by atoms with Crippen LogP contribution in [0.1, 0.15) is 67.3 Å². The molecule has 1 atom stereocenters. The Morgan fingerprint density at radius 2 is 1.85 bits per heavy atom. The number of nitrogens with one attached hydrogen (secondary N) is 1. The topological polar surface area (TPSA) is 101 Å². The molecule has 4 rings (SSSR count). The van der Waals surface area contributed by atoms with Gasteiger partial charge in [0, 0.05) is 34.9 Å². The zero-order chi connectivity index (χ0) is 28.4. The molecule has 2 heterocycles. The minimum Gasteiger partial charge on any atom is -0.394 e. The third-order valence-corrected chi connectivity index (χ3v) is 9.44. The summed E-state index contributed by atoms with van der Waals surface area (Å²) >= 11 is 0. The lowest BCUT2D eigenvalue weighted by Gasteiger charge is -2.30. The van der Waals surface area contributed by atoms with Crippen molar-refractivity contribution < 1.29 is 31.5 Å². The van der Waals surface area contributed by atoms with Gasteiger partial charge < -0.3 is 15.0 Å². The molecule has 0 saturated heterocycles. The van der Waals surface area contributed by atoms with Crippen molar-refractivity contribution >= 4 is 26.6 Å². The molecule has 0 unspecified atom stereocenters. The monoisotopic (exact) mass is 565 g/mol. The lowest BCUT2D eigenvalue weighted by Crippen LogP contribution is -2.31. The summed E-state index contributed by atoms with van der Waals surface area (Å²) in [7, 11) is -3.42. The van der Waals surface area contributed by atoms with Crippen LogP contribution in [0.4, 0.5) is 13.2 Å². The number of hydrogen-bond donors (Lipinski definition) is 2. The Bertz CT molecular complexity index is 1410. The molecule has 1 amide bonds. The van der Waals surface area contributed by atoms with Crippen molar-refractivity contribution in [3.05, 3.63) is 59.5 Å². The maximum Gasteiger partial charge on any atom is 0.391 e. The predicted molar refractivity (Wildman–Crippen MR) is 142 cm³/mol. The Labute approximate surface area is 226 Å². The minimum absolute atomic E-state index is 0.0582. The van der Waals surface area contributed by atoms with E-state index in [9.17, 15) is 31.5 Å². The molecule has 1 fully saturated rings. The van der Waals surface area contributed by atoms with Crippen LogP contribution in [0.15, 0.2) is 47.5 Å². The van der Waals surface area contributed by atoms with E-state index in [1.54, 1.807) is 12.1 Å². The number of halogens is 3. The van der Waals surface area contributed by atoms with E-state index >= 15 is 0 Å². The number of aromatic nitrogens is 2. The summed E-state index contributed by atoms with van der Waals surface area (Å²) < 4.78 is 65.3. The van der Waals surface area contributed by atoms with E-state index in [0.717, 1.165) is 16.6 Å². The average molecular weight is 566 g/mol. The smallest absolute Gasteiger partial charge is 0.391 e. The Morgan fingerprint density at radius 1 is 1.13 bits per heavy atom. The van der Waals surface area contributed by atoms with Crippen LogP contribution in [0.2, 0.25) is 0 Å². The van der Waals surface area contributed by atoms with E-state index in [0.29, 0.717) is 37.1 Å².